The van der Waals surface area contributed by atoms with Gasteiger partial charge in [-0.1, -0.05) is 41.0 Å². The van der Waals surface area contributed by atoms with Crippen LogP contribution in [0.3, 0.4) is 0 Å². The fourth-order valence-corrected chi connectivity index (χ4v) is 2.05. The maximum atomic E-state index is 9.24. The molecule has 0 unspecified atom stereocenters. The molecular weight excluding hydrogens is 148 g/mol. The normalized spacial score (nSPS) is 15.2. The van der Waals surface area contributed by atoms with Crippen LogP contribution in [0.2, 0.25) is 0 Å². The van der Waals surface area contributed by atoms with Crippen LogP contribution in [0.4, 0.5) is 0 Å². The lowest BCUT2D eigenvalue weighted by Gasteiger charge is -2.35. The largest absolute Gasteiger partial charge is 0.396 e. The Morgan fingerprint density at radius 1 is 1.25 bits per heavy atom. The maximum Gasteiger partial charge on any atom is 0.0484 e. The van der Waals surface area contributed by atoms with Gasteiger partial charge in [0.2, 0.25) is 0 Å². The molecule has 0 amide bonds. The molecule has 74 valence electrons. The number of aliphatic hydroxyl groups excluding tert-OH is 1. The molecule has 0 saturated carbocycles. The molecule has 0 aromatic rings. The van der Waals surface area contributed by atoms with E-state index in [-0.39, 0.29) is 5.41 Å². The molecule has 1 nitrogen and oxygen atoms in total. The van der Waals surface area contributed by atoms with Crippen LogP contribution in [0.5, 0.6) is 0 Å². The molecule has 0 aromatic heterocycles. The molecule has 0 spiro atoms. The first kappa shape index (κ1) is 12.0. The summed E-state index contributed by atoms with van der Waals surface area (Å²) in [5, 5.41) is 9.24. The summed E-state index contributed by atoms with van der Waals surface area (Å²) in [6.07, 6.45) is 2.44. The van der Waals surface area contributed by atoms with Crippen molar-refractivity contribution in [3.05, 3.63) is 0 Å². The highest BCUT2D eigenvalue weighted by atomic mass is 16.3. The zero-order valence-corrected chi connectivity index (χ0v) is 9.22. The van der Waals surface area contributed by atoms with Crippen LogP contribution in [-0.4, -0.2) is 11.7 Å². The first-order chi connectivity index (χ1) is 5.45. The zero-order chi connectivity index (χ0) is 9.78. The zero-order valence-electron chi connectivity index (χ0n) is 9.22. The first-order valence-electron chi connectivity index (χ1n) is 5.06. The van der Waals surface area contributed by atoms with Crippen LogP contribution in [0.25, 0.3) is 0 Å². The van der Waals surface area contributed by atoms with E-state index in [1.54, 1.807) is 0 Å². The molecule has 0 radical (unpaired) electrons. The molecule has 0 saturated heterocycles. The summed E-state index contributed by atoms with van der Waals surface area (Å²) in [6.45, 7) is 11.3. The van der Waals surface area contributed by atoms with Crippen LogP contribution in [0, 0.1) is 17.3 Å². The number of hydrogen-bond donors (Lipinski definition) is 1. The SMILES string of the molecule is CCC[C@H](C(C)C)C(C)(C)CO. The van der Waals surface area contributed by atoms with Gasteiger partial charge in [-0.2, -0.15) is 0 Å². The van der Waals surface area contributed by atoms with Crippen molar-refractivity contribution in [3.8, 4) is 0 Å². The molecule has 1 N–H and O–H groups in total. The second kappa shape index (κ2) is 4.86. The van der Waals surface area contributed by atoms with Crippen molar-refractivity contribution in [1.29, 1.82) is 0 Å². The van der Waals surface area contributed by atoms with Gasteiger partial charge in [-0.05, 0) is 23.7 Å². The van der Waals surface area contributed by atoms with Gasteiger partial charge in [0.15, 0.2) is 0 Å². The molecule has 12 heavy (non-hydrogen) atoms. The minimum atomic E-state index is 0.0875. The van der Waals surface area contributed by atoms with Gasteiger partial charge >= 0.3 is 0 Å². The number of rotatable bonds is 5. The number of aliphatic hydroxyl groups is 1. The molecule has 0 heterocycles. The van der Waals surface area contributed by atoms with E-state index >= 15 is 0 Å². The second-order valence-corrected chi connectivity index (χ2v) is 4.79. The van der Waals surface area contributed by atoms with Crippen LogP contribution in [-0.2, 0) is 0 Å². The summed E-state index contributed by atoms with van der Waals surface area (Å²) < 4.78 is 0. The van der Waals surface area contributed by atoms with Crippen molar-refractivity contribution in [2.24, 2.45) is 17.3 Å². The predicted octanol–water partition coefficient (Wildman–Crippen LogP) is 3.08. The van der Waals surface area contributed by atoms with Gasteiger partial charge in [0, 0.05) is 6.61 Å². The molecular formula is C11H24O. The molecule has 0 fully saturated rings. The maximum absolute atomic E-state index is 9.24. The van der Waals surface area contributed by atoms with Crippen LogP contribution < -0.4 is 0 Å². The van der Waals surface area contributed by atoms with Gasteiger partial charge in [-0.15, -0.1) is 0 Å². The average molecular weight is 172 g/mol. The lowest BCUT2D eigenvalue weighted by molar-refractivity contribution is 0.0636. The summed E-state index contributed by atoms with van der Waals surface area (Å²) >= 11 is 0. The molecule has 0 aliphatic heterocycles. The molecule has 1 heteroatoms. The van der Waals surface area contributed by atoms with Gasteiger partial charge in [-0.3, -0.25) is 0 Å². The summed E-state index contributed by atoms with van der Waals surface area (Å²) in [6, 6.07) is 0. The van der Waals surface area contributed by atoms with Crippen molar-refractivity contribution in [2.45, 2.75) is 47.5 Å². The molecule has 0 aliphatic carbocycles. The Kier molecular flexibility index (Phi) is 4.84. The molecule has 1 atom stereocenters. The highest BCUT2D eigenvalue weighted by molar-refractivity contribution is 4.79. The Morgan fingerprint density at radius 2 is 1.75 bits per heavy atom. The summed E-state index contributed by atoms with van der Waals surface area (Å²) in [5.74, 6) is 1.32. The van der Waals surface area contributed by atoms with Gasteiger partial charge in [0.1, 0.15) is 0 Å². The Labute approximate surface area is 77.2 Å². The topological polar surface area (TPSA) is 20.2 Å². The molecule has 0 bridgehead atoms. The van der Waals surface area contributed by atoms with Crippen molar-refractivity contribution in [3.63, 3.8) is 0 Å². The fourth-order valence-electron chi connectivity index (χ4n) is 2.05. The second-order valence-electron chi connectivity index (χ2n) is 4.79. The van der Waals surface area contributed by atoms with Crippen molar-refractivity contribution in [2.75, 3.05) is 6.61 Å². The quantitative estimate of drug-likeness (QED) is 0.675. The lowest BCUT2D eigenvalue weighted by Crippen LogP contribution is -2.31. The highest BCUT2D eigenvalue weighted by Crippen LogP contribution is 2.35. The Hall–Kier alpha value is -0.0400. The third kappa shape index (κ3) is 3.14. The van der Waals surface area contributed by atoms with E-state index < -0.39 is 0 Å². The van der Waals surface area contributed by atoms with Crippen molar-refractivity contribution in [1.82, 2.24) is 0 Å². The highest BCUT2D eigenvalue weighted by Gasteiger charge is 2.30. The van der Waals surface area contributed by atoms with Gasteiger partial charge < -0.3 is 5.11 Å². The summed E-state index contributed by atoms with van der Waals surface area (Å²) in [7, 11) is 0. The minimum absolute atomic E-state index is 0.0875. The van der Waals surface area contributed by atoms with E-state index in [0.717, 1.165) is 0 Å². The van der Waals surface area contributed by atoms with Gasteiger partial charge in [-0.25, -0.2) is 0 Å². The lowest BCUT2D eigenvalue weighted by atomic mass is 9.71. The minimum Gasteiger partial charge on any atom is -0.396 e. The van der Waals surface area contributed by atoms with Gasteiger partial charge in [0.05, 0.1) is 0 Å². The monoisotopic (exact) mass is 172 g/mol. The Balaban J connectivity index is 4.27. The van der Waals surface area contributed by atoms with Crippen molar-refractivity contribution < 1.29 is 5.11 Å². The third-order valence-electron chi connectivity index (χ3n) is 2.82. The average Bonchev–Trinajstić information content (AvgIpc) is 1.99. The van der Waals surface area contributed by atoms with E-state index in [1.807, 2.05) is 0 Å². The van der Waals surface area contributed by atoms with Crippen LogP contribution in [0.1, 0.15) is 47.5 Å². The fraction of sp³-hybridized carbons (Fsp3) is 1.00. The molecule has 0 aliphatic rings. The molecule has 0 rings (SSSR count). The van der Waals surface area contributed by atoms with E-state index in [4.69, 9.17) is 0 Å². The summed E-state index contributed by atoms with van der Waals surface area (Å²) in [5.41, 5.74) is 0.0875. The number of hydrogen-bond acceptors (Lipinski definition) is 1. The van der Waals surface area contributed by atoms with E-state index in [0.29, 0.717) is 18.4 Å². The smallest absolute Gasteiger partial charge is 0.0484 e. The predicted molar refractivity (Wildman–Crippen MR) is 54.1 cm³/mol. The first-order valence-corrected chi connectivity index (χ1v) is 5.06. The van der Waals surface area contributed by atoms with E-state index in [9.17, 15) is 5.11 Å². The third-order valence-corrected chi connectivity index (χ3v) is 2.82. The summed E-state index contributed by atoms with van der Waals surface area (Å²) in [4.78, 5) is 0. The Morgan fingerprint density at radius 3 is 2.00 bits per heavy atom. The van der Waals surface area contributed by atoms with E-state index in [2.05, 4.69) is 34.6 Å². The molecule has 0 aromatic carbocycles. The van der Waals surface area contributed by atoms with Gasteiger partial charge in [0.25, 0.3) is 0 Å². The van der Waals surface area contributed by atoms with Crippen LogP contribution in [0.15, 0.2) is 0 Å². The van der Waals surface area contributed by atoms with E-state index in [1.165, 1.54) is 12.8 Å². The van der Waals surface area contributed by atoms with Crippen molar-refractivity contribution >= 4 is 0 Å². The van der Waals surface area contributed by atoms with Crippen LogP contribution >= 0.6 is 0 Å². The Bertz CT molecular complexity index is 116. The standard InChI is InChI=1S/C11H24O/c1-6-7-10(9(2)3)11(4,5)8-12/h9-10,12H,6-8H2,1-5H3/t10-/m1/s1.